The third kappa shape index (κ3) is 1.68. The fraction of sp³-hybridized carbons (Fsp3) is 0.619. The van der Waals surface area contributed by atoms with Crippen molar-refractivity contribution in [1.29, 1.82) is 0 Å². The van der Waals surface area contributed by atoms with Crippen molar-refractivity contribution in [2.45, 2.75) is 58.8 Å². The fourth-order valence-corrected chi connectivity index (χ4v) is 5.99. The molecule has 0 aromatic heterocycles. The zero-order valence-corrected chi connectivity index (χ0v) is 13.8. The van der Waals surface area contributed by atoms with Crippen LogP contribution in [0.1, 0.15) is 69.9 Å². The minimum absolute atomic E-state index is 0.515. The van der Waals surface area contributed by atoms with Crippen molar-refractivity contribution < 1.29 is 0 Å². The van der Waals surface area contributed by atoms with Crippen LogP contribution in [0.15, 0.2) is 30.8 Å². The number of rotatable bonds is 0. The van der Waals surface area contributed by atoms with Gasteiger partial charge in [-0.15, -0.1) is 0 Å². The van der Waals surface area contributed by atoms with Crippen LogP contribution in [0.5, 0.6) is 0 Å². The molecule has 2 fully saturated rings. The third-order valence-corrected chi connectivity index (χ3v) is 7.68. The zero-order chi connectivity index (χ0) is 14.8. The lowest BCUT2D eigenvalue weighted by molar-refractivity contribution is -0.00275. The van der Waals surface area contributed by atoms with E-state index in [2.05, 4.69) is 51.6 Å². The van der Waals surface area contributed by atoms with Gasteiger partial charge in [-0.2, -0.15) is 0 Å². The van der Waals surface area contributed by atoms with Crippen LogP contribution >= 0.6 is 0 Å². The van der Waals surface area contributed by atoms with Gasteiger partial charge in [0.15, 0.2) is 0 Å². The van der Waals surface area contributed by atoms with Crippen LogP contribution in [0.3, 0.4) is 0 Å². The number of hydrogen-bond acceptors (Lipinski definition) is 0. The van der Waals surface area contributed by atoms with E-state index in [1.54, 1.807) is 5.56 Å². The van der Waals surface area contributed by atoms with Gasteiger partial charge in [-0.3, -0.25) is 0 Å². The maximum Gasteiger partial charge on any atom is -0.0121 e. The first-order valence-corrected chi connectivity index (χ1v) is 8.71. The second kappa shape index (κ2) is 4.24. The topological polar surface area (TPSA) is 0 Å². The van der Waals surface area contributed by atoms with Gasteiger partial charge in [0.25, 0.3) is 0 Å². The first-order valence-electron chi connectivity index (χ1n) is 8.71. The van der Waals surface area contributed by atoms with E-state index in [0.717, 1.165) is 17.8 Å². The second-order valence-electron chi connectivity index (χ2n) is 8.65. The SMILES string of the molecule is C=C1CC2C(CCC3(C)C2CCC3(C)C)c2ccccc21. The molecule has 0 saturated heterocycles. The molecule has 3 aliphatic carbocycles. The summed E-state index contributed by atoms with van der Waals surface area (Å²) in [5.74, 6) is 2.53. The third-order valence-electron chi connectivity index (χ3n) is 7.68. The van der Waals surface area contributed by atoms with E-state index in [9.17, 15) is 0 Å². The molecule has 0 nitrogen and oxygen atoms in total. The van der Waals surface area contributed by atoms with Gasteiger partial charge in [-0.05, 0) is 77.4 Å². The Kier molecular flexibility index (Phi) is 2.75. The summed E-state index contributed by atoms with van der Waals surface area (Å²) in [6.45, 7) is 12.0. The Hall–Kier alpha value is -1.04. The highest BCUT2D eigenvalue weighted by Crippen LogP contribution is 2.67. The lowest BCUT2D eigenvalue weighted by atomic mass is 9.51. The highest BCUT2D eigenvalue weighted by molar-refractivity contribution is 5.69. The van der Waals surface area contributed by atoms with Gasteiger partial charge in [0.1, 0.15) is 0 Å². The number of benzene rings is 1. The Balaban J connectivity index is 1.77. The molecule has 2 saturated carbocycles. The van der Waals surface area contributed by atoms with Crippen LogP contribution in [-0.2, 0) is 0 Å². The van der Waals surface area contributed by atoms with Crippen molar-refractivity contribution in [1.82, 2.24) is 0 Å². The van der Waals surface area contributed by atoms with Crippen LogP contribution in [0.25, 0.3) is 5.57 Å². The Morgan fingerprint density at radius 1 is 1.05 bits per heavy atom. The molecule has 4 rings (SSSR count). The van der Waals surface area contributed by atoms with Crippen LogP contribution in [0.4, 0.5) is 0 Å². The molecule has 0 aliphatic heterocycles. The predicted molar refractivity (Wildman–Crippen MR) is 90.2 cm³/mol. The highest BCUT2D eigenvalue weighted by atomic mass is 14.6. The average Bonchev–Trinajstić information content (AvgIpc) is 2.70. The van der Waals surface area contributed by atoms with Gasteiger partial charge in [-0.1, -0.05) is 51.6 Å². The van der Waals surface area contributed by atoms with Gasteiger partial charge in [0.2, 0.25) is 0 Å². The molecule has 112 valence electrons. The molecule has 0 heteroatoms. The molecule has 4 unspecified atom stereocenters. The molecule has 0 bridgehead atoms. The smallest absolute Gasteiger partial charge is 0.0121 e. The summed E-state index contributed by atoms with van der Waals surface area (Å²) in [5, 5.41) is 0. The van der Waals surface area contributed by atoms with Crippen molar-refractivity contribution in [3.8, 4) is 0 Å². The molecule has 1 aromatic carbocycles. The van der Waals surface area contributed by atoms with E-state index in [1.807, 2.05) is 0 Å². The molecule has 0 radical (unpaired) electrons. The normalized spacial score (nSPS) is 40.3. The van der Waals surface area contributed by atoms with Gasteiger partial charge in [-0.25, -0.2) is 0 Å². The summed E-state index contributed by atoms with van der Waals surface area (Å²) in [6, 6.07) is 9.07. The molecule has 1 aromatic rings. The van der Waals surface area contributed by atoms with E-state index >= 15 is 0 Å². The molecular formula is C21H28. The molecule has 4 atom stereocenters. The predicted octanol–water partition coefficient (Wildman–Crippen LogP) is 6.04. The van der Waals surface area contributed by atoms with E-state index in [-0.39, 0.29) is 0 Å². The Labute approximate surface area is 129 Å². The first-order chi connectivity index (χ1) is 9.94. The van der Waals surface area contributed by atoms with Crippen molar-refractivity contribution >= 4 is 5.57 Å². The maximum absolute atomic E-state index is 4.42. The van der Waals surface area contributed by atoms with Crippen LogP contribution in [-0.4, -0.2) is 0 Å². The second-order valence-corrected chi connectivity index (χ2v) is 8.65. The Morgan fingerprint density at radius 3 is 2.62 bits per heavy atom. The van der Waals surface area contributed by atoms with Gasteiger partial charge >= 0.3 is 0 Å². The minimum Gasteiger partial charge on any atom is -0.0952 e. The van der Waals surface area contributed by atoms with Gasteiger partial charge in [0.05, 0.1) is 0 Å². The molecule has 0 N–H and O–H groups in total. The first kappa shape index (κ1) is 13.6. The van der Waals surface area contributed by atoms with Gasteiger partial charge < -0.3 is 0 Å². The highest BCUT2D eigenvalue weighted by Gasteiger charge is 2.58. The van der Waals surface area contributed by atoms with Crippen LogP contribution < -0.4 is 0 Å². The summed E-state index contributed by atoms with van der Waals surface area (Å²) >= 11 is 0. The summed E-state index contributed by atoms with van der Waals surface area (Å²) in [7, 11) is 0. The molecule has 0 heterocycles. The summed E-state index contributed by atoms with van der Waals surface area (Å²) in [6.07, 6.45) is 6.86. The number of allylic oxidation sites excluding steroid dienone is 1. The minimum atomic E-state index is 0.515. The molecule has 3 aliphatic rings. The summed E-state index contributed by atoms with van der Waals surface area (Å²) in [4.78, 5) is 0. The largest absolute Gasteiger partial charge is 0.0952 e. The van der Waals surface area contributed by atoms with E-state index in [1.165, 1.54) is 43.2 Å². The Bertz CT molecular complexity index is 594. The lowest BCUT2D eigenvalue weighted by Crippen LogP contribution is -2.44. The maximum atomic E-state index is 4.42. The Morgan fingerprint density at radius 2 is 1.81 bits per heavy atom. The van der Waals surface area contributed by atoms with Crippen molar-refractivity contribution in [2.24, 2.45) is 22.7 Å². The standard InChI is InChI=1S/C21H28/c1-14-13-18-17(16-8-6-5-7-15(14)16)9-12-21(4)19(18)10-11-20(21,2)3/h5-8,17-19H,1,9-13H2,2-4H3. The monoisotopic (exact) mass is 280 g/mol. The molecule has 0 spiro atoms. The molecule has 0 amide bonds. The van der Waals surface area contributed by atoms with Crippen LogP contribution in [0, 0.1) is 22.7 Å². The number of hydrogen-bond donors (Lipinski definition) is 0. The quantitative estimate of drug-likeness (QED) is 0.543. The average molecular weight is 280 g/mol. The van der Waals surface area contributed by atoms with E-state index < -0.39 is 0 Å². The summed E-state index contributed by atoms with van der Waals surface area (Å²) < 4.78 is 0. The van der Waals surface area contributed by atoms with Crippen molar-refractivity contribution in [3.63, 3.8) is 0 Å². The van der Waals surface area contributed by atoms with E-state index in [4.69, 9.17) is 0 Å². The molecular weight excluding hydrogens is 252 g/mol. The summed E-state index contributed by atoms with van der Waals surface area (Å²) in [5.41, 5.74) is 5.51. The van der Waals surface area contributed by atoms with Gasteiger partial charge in [0, 0.05) is 0 Å². The van der Waals surface area contributed by atoms with E-state index in [0.29, 0.717) is 10.8 Å². The fourth-order valence-electron chi connectivity index (χ4n) is 5.99. The number of fused-ring (bicyclic) bond motifs is 5. The lowest BCUT2D eigenvalue weighted by Gasteiger charge is -2.53. The van der Waals surface area contributed by atoms with Crippen molar-refractivity contribution in [3.05, 3.63) is 42.0 Å². The van der Waals surface area contributed by atoms with Crippen molar-refractivity contribution in [2.75, 3.05) is 0 Å². The molecule has 21 heavy (non-hydrogen) atoms. The van der Waals surface area contributed by atoms with Crippen LogP contribution in [0.2, 0.25) is 0 Å². The zero-order valence-electron chi connectivity index (χ0n) is 13.8.